The number of sulfone groups is 1. The van der Waals surface area contributed by atoms with Gasteiger partial charge in [-0.05, 0) is 48.0 Å². The van der Waals surface area contributed by atoms with Gasteiger partial charge in [-0.2, -0.15) is 0 Å². The van der Waals surface area contributed by atoms with Crippen LogP contribution in [-0.2, 0) is 9.84 Å². The fraction of sp³-hybridized carbons (Fsp3) is 0.500. The minimum Gasteiger partial charge on any atom is -0.336 e. The number of nitrogens with zero attached hydrogens (tertiary/aromatic N) is 1. The van der Waals surface area contributed by atoms with Crippen molar-refractivity contribution in [3.8, 4) is 0 Å². The van der Waals surface area contributed by atoms with Gasteiger partial charge in [0, 0.05) is 41.5 Å². The van der Waals surface area contributed by atoms with Crippen LogP contribution in [0.4, 0.5) is 0 Å². The highest BCUT2D eigenvalue weighted by Gasteiger charge is 2.26. The predicted octanol–water partition coefficient (Wildman–Crippen LogP) is 1.68. The van der Waals surface area contributed by atoms with Crippen LogP contribution in [0, 0.1) is 0 Å². The van der Waals surface area contributed by atoms with E-state index >= 15 is 0 Å². The second kappa shape index (κ2) is 6.06. The fourth-order valence-corrected chi connectivity index (χ4v) is 4.49. The van der Waals surface area contributed by atoms with E-state index in [-0.39, 0.29) is 22.9 Å². The van der Waals surface area contributed by atoms with Gasteiger partial charge in [0.2, 0.25) is 0 Å². The Balaban J connectivity index is 2.32. The number of halogens is 1. The van der Waals surface area contributed by atoms with E-state index in [1.165, 1.54) is 6.07 Å². The summed E-state index contributed by atoms with van der Waals surface area (Å²) in [6.07, 6.45) is 1.14. The number of amides is 1. The van der Waals surface area contributed by atoms with E-state index in [0.29, 0.717) is 23.1 Å². The Labute approximate surface area is 133 Å². The van der Waals surface area contributed by atoms with Crippen LogP contribution >= 0.6 is 15.9 Å². The maximum absolute atomic E-state index is 12.6. The molecule has 1 fully saturated rings. The molecule has 116 valence electrons. The van der Waals surface area contributed by atoms with E-state index in [4.69, 9.17) is 0 Å². The third-order valence-electron chi connectivity index (χ3n) is 3.42. The number of piperazine rings is 1. The lowest BCUT2D eigenvalue weighted by Crippen LogP contribution is -2.55. The molecule has 0 bridgehead atoms. The van der Waals surface area contributed by atoms with Gasteiger partial charge in [0.25, 0.3) is 5.91 Å². The minimum atomic E-state index is -3.37. The van der Waals surface area contributed by atoms with Gasteiger partial charge in [0.05, 0.1) is 4.90 Å². The summed E-state index contributed by atoms with van der Waals surface area (Å²) in [5, 5.41) is 3.36. The number of hydrogen-bond acceptors (Lipinski definition) is 4. The number of benzene rings is 1. The maximum atomic E-state index is 12.6. The van der Waals surface area contributed by atoms with E-state index in [2.05, 4.69) is 21.2 Å². The Morgan fingerprint density at radius 3 is 2.38 bits per heavy atom. The molecule has 0 unspecified atom stereocenters. The van der Waals surface area contributed by atoms with Crippen LogP contribution in [0.5, 0.6) is 0 Å². The van der Waals surface area contributed by atoms with Gasteiger partial charge in [0.15, 0.2) is 9.84 Å². The van der Waals surface area contributed by atoms with E-state index < -0.39 is 9.84 Å². The summed E-state index contributed by atoms with van der Waals surface area (Å²) in [7, 11) is -3.37. The molecule has 1 aromatic carbocycles. The summed E-state index contributed by atoms with van der Waals surface area (Å²) >= 11 is 3.22. The van der Waals surface area contributed by atoms with Gasteiger partial charge >= 0.3 is 0 Å². The average Bonchev–Trinajstić information content (AvgIpc) is 2.36. The molecular weight excluding hydrogens is 356 g/mol. The number of carbonyl (C=O) groups excluding carboxylic acids is 1. The van der Waals surface area contributed by atoms with E-state index in [1.807, 2.05) is 13.8 Å². The largest absolute Gasteiger partial charge is 0.336 e. The molecule has 0 saturated carbocycles. The molecule has 2 atom stereocenters. The van der Waals surface area contributed by atoms with Crippen molar-refractivity contribution in [3.63, 3.8) is 0 Å². The van der Waals surface area contributed by atoms with E-state index in [1.54, 1.807) is 17.0 Å². The first-order valence-electron chi connectivity index (χ1n) is 6.73. The number of carbonyl (C=O) groups is 1. The zero-order valence-corrected chi connectivity index (χ0v) is 14.7. The molecule has 0 radical (unpaired) electrons. The Bertz CT molecular complexity index is 650. The third-order valence-corrected chi connectivity index (χ3v) is 5.51. The standard InChI is InChI=1S/C14H19BrN2O3S/c1-9-7-17(8-10(2)16-9)14(18)11-4-5-12(15)13(6-11)21(3,19)20/h4-6,9-10,16H,7-8H2,1-3H3/t9-,10-/m0/s1. The molecule has 5 nitrogen and oxygen atoms in total. The Kier molecular flexibility index (Phi) is 4.75. The normalized spacial score (nSPS) is 23.1. The van der Waals surface area contributed by atoms with Crippen molar-refractivity contribution in [1.29, 1.82) is 0 Å². The minimum absolute atomic E-state index is 0.132. The fourth-order valence-electron chi connectivity index (χ4n) is 2.60. The first-order valence-corrected chi connectivity index (χ1v) is 9.42. The lowest BCUT2D eigenvalue weighted by Gasteiger charge is -2.36. The molecule has 1 aliphatic rings. The van der Waals surface area contributed by atoms with Crippen LogP contribution in [-0.4, -0.2) is 50.7 Å². The summed E-state index contributed by atoms with van der Waals surface area (Å²) < 4.78 is 24.0. The van der Waals surface area contributed by atoms with Crippen LogP contribution in [0.15, 0.2) is 27.6 Å². The van der Waals surface area contributed by atoms with Crippen LogP contribution in [0.25, 0.3) is 0 Å². The molecule has 0 aliphatic carbocycles. The second-order valence-electron chi connectivity index (χ2n) is 5.60. The number of hydrogen-bond donors (Lipinski definition) is 1. The first kappa shape index (κ1) is 16.5. The monoisotopic (exact) mass is 374 g/mol. The van der Waals surface area contributed by atoms with Crippen molar-refractivity contribution in [2.75, 3.05) is 19.3 Å². The van der Waals surface area contributed by atoms with Gasteiger partial charge in [0.1, 0.15) is 0 Å². The molecule has 0 aromatic heterocycles. The predicted molar refractivity (Wildman–Crippen MR) is 85.2 cm³/mol. The molecule has 1 amide bonds. The first-order chi connectivity index (χ1) is 9.68. The lowest BCUT2D eigenvalue weighted by molar-refractivity contribution is 0.0673. The van der Waals surface area contributed by atoms with Crippen LogP contribution in [0.1, 0.15) is 24.2 Å². The molecule has 1 N–H and O–H groups in total. The summed E-state index contributed by atoms with van der Waals surface area (Å²) in [5.74, 6) is -0.132. The highest BCUT2D eigenvalue weighted by atomic mass is 79.9. The maximum Gasteiger partial charge on any atom is 0.254 e. The van der Waals surface area contributed by atoms with E-state index in [0.717, 1.165) is 6.26 Å². The van der Waals surface area contributed by atoms with Crippen molar-refractivity contribution >= 4 is 31.7 Å². The smallest absolute Gasteiger partial charge is 0.254 e. The van der Waals surface area contributed by atoms with Crippen molar-refractivity contribution in [3.05, 3.63) is 28.2 Å². The van der Waals surface area contributed by atoms with E-state index in [9.17, 15) is 13.2 Å². The van der Waals surface area contributed by atoms with Crippen molar-refractivity contribution in [1.82, 2.24) is 10.2 Å². The topological polar surface area (TPSA) is 66.5 Å². The highest BCUT2D eigenvalue weighted by molar-refractivity contribution is 9.10. The molecule has 1 saturated heterocycles. The van der Waals surface area contributed by atoms with Crippen LogP contribution in [0.3, 0.4) is 0 Å². The molecule has 21 heavy (non-hydrogen) atoms. The van der Waals surface area contributed by atoms with Gasteiger partial charge in [-0.25, -0.2) is 8.42 Å². The Morgan fingerprint density at radius 2 is 1.86 bits per heavy atom. The van der Waals surface area contributed by atoms with Crippen molar-refractivity contribution in [2.24, 2.45) is 0 Å². The molecular formula is C14H19BrN2O3S. The lowest BCUT2D eigenvalue weighted by atomic mass is 10.1. The SMILES string of the molecule is C[C@H]1CN(C(=O)c2ccc(Br)c(S(C)(=O)=O)c2)C[C@H](C)N1. The van der Waals surface area contributed by atoms with Gasteiger partial charge < -0.3 is 10.2 Å². The highest BCUT2D eigenvalue weighted by Crippen LogP contribution is 2.24. The zero-order valence-electron chi connectivity index (χ0n) is 12.3. The second-order valence-corrected chi connectivity index (χ2v) is 8.43. The summed E-state index contributed by atoms with van der Waals surface area (Å²) in [5.41, 5.74) is 0.403. The molecule has 1 aliphatic heterocycles. The Hall–Kier alpha value is -0.920. The summed E-state index contributed by atoms with van der Waals surface area (Å²) in [6.45, 7) is 5.29. The molecule has 7 heteroatoms. The zero-order chi connectivity index (χ0) is 15.8. The third kappa shape index (κ3) is 3.84. The molecule has 2 rings (SSSR count). The van der Waals surface area contributed by atoms with Crippen molar-refractivity contribution in [2.45, 2.75) is 30.8 Å². The summed E-state index contributed by atoms with van der Waals surface area (Å²) in [6, 6.07) is 5.15. The molecule has 0 spiro atoms. The quantitative estimate of drug-likeness (QED) is 0.854. The van der Waals surface area contributed by atoms with Crippen LogP contribution in [0.2, 0.25) is 0 Å². The Morgan fingerprint density at radius 1 is 1.29 bits per heavy atom. The molecule has 1 heterocycles. The van der Waals surface area contributed by atoms with Gasteiger partial charge in [-0.15, -0.1) is 0 Å². The number of nitrogens with one attached hydrogen (secondary N) is 1. The summed E-state index contributed by atoms with van der Waals surface area (Å²) in [4.78, 5) is 14.5. The van der Waals surface area contributed by atoms with Gasteiger partial charge in [-0.3, -0.25) is 4.79 Å². The number of rotatable bonds is 2. The van der Waals surface area contributed by atoms with Crippen LogP contribution < -0.4 is 5.32 Å². The van der Waals surface area contributed by atoms with Gasteiger partial charge in [-0.1, -0.05) is 0 Å². The van der Waals surface area contributed by atoms with Crippen molar-refractivity contribution < 1.29 is 13.2 Å². The average molecular weight is 375 g/mol. The molecule has 1 aromatic rings.